The smallest absolute Gasteiger partial charge is 0.00152 e. The molecule has 0 fully saturated rings. The first-order valence-electron chi connectivity index (χ1n) is 4.38. The summed E-state index contributed by atoms with van der Waals surface area (Å²) in [6.07, 6.45) is 12.4. The Balaban J connectivity index is 2.39. The molecule has 0 heteroatoms. The largest absolute Gasteiger partial charge is 0.0952 e. The van der Waals surface area contributed by atoms with Gasteiger partial charge in [0.1, 0.15) is 0 Å². The lowest BCUT2D eigenvalue weighted by Crippen LogP contribution is -2.00. The van der Waals surface area contributed by atoms with Crippen molar-refractivity contribution in [2.75, 3.05) is 0 Å². The fraction of sp³-hybridized carbons (Fsp3) is 0.455. The Hall–Kier alpha value is -0.780. The van der Waals surface area contributed by atoms with E-state index >= 15 is 0 Å². The lowest BCUT2D eigenvalue weighted by Gasteiger charge is -2.14. The standard InChI is InChI=1S/C11H16/c1-3-4-8-11-9-6-5-7-10(11)2/h5-7,9,11H,2-4,8H2,1H3. The van der Waals surface area contributed by atoms with Crippen LogP contribution in [0.25, 0.3) is 0 Å². The molecule has 0 nitrogen and oxygen atoms in total. The van der Waals surface area contributed by atoms with Crippen molar-refractivity contribution in [1.82, 2.24) is 0 Å². The molecule has 0 N–H and O–H groups in total. The van der Waals surface area contributed by atoms with E-state index in [0.717, 1.165) is 0 Å². The zero-order valence-electron chi connectivity index (χ0n) is 7.22. The Morgan fingerprint density at radius 1 is 1.45 bits per heavy atom. The zero-order chi connectivity index (χ0) is 8.10. The molecule has 1 aliphatic carbocycles. The molecule has 0 bridgehead atoms. The lowest BCUT2D eigenvalue weighted by molar-refractivity contribution is 0.625. The highest BCUT2D eigenvalue weighted by Crippen LogP contribution is 2.22. The van der Waals surface area contributed by atoms with Crippen LogP contribution in [0, 0.1) is 5.92 Å². The van der Waals surface area contributed by atoms with E-state index in [2.05, 4.69) is 37.8 Å². The zero-order valence-corrected chi connectivity index (χ0v) is 7.22. The minimum atomic E-state index is 0.611. The van der Waals surface area contributed by atoms with Gasteiger partial charge in [-0.2, -0.15) is 0 Å². The summed E-state index contributed by atoms with van der Waals surface area (Å²) in [5.41, 5.74) is 1.26. The second kappa shape index (κ2) is 4.17. The van der Waals surface area contributed by atoms with Crippen LogP contribution < -0.4 is 0 Å². The molecule has 0 spiro atoms. The number of unbranched alkanes of at least 4 members (excludes halogenated alkanes) is 1. The monoisotopic (exact) mass is 148 g/mol. The molecule has 0 aromatic rings. The maximum atomic E-state index is 4.01. The predicted octanol–water partition coefficient (Wildman–Crippen LogP) is 3.48. The molecule has 11 heavy (non-hydrogen) atoms. The average Bonchev–Trinajstić information content (AvgIpc) is 2.03. The molecule has 0 amide bonds. The van der Waals surface area contributed by atoms with E-state index in [-0.39, 0.29) is 0 Å². The van der Waals surface area contributed by atoms with Crippen LogP contribution in [-0.4, -0.2) is 0 Å². The molecular weight excluding hydrogens is 132 g/mol. The van der Waals surface area contributed by atoms with E-state index in [0.29, 0.717) is 5.92 Å². The summed E-state index contributed by atoms with van der Waals surface area (Å²) >= 11 is 0. The van der Waals surface area contributed by atoms with Crippen molar-refractivity contribution >= 4 is 0 Å². The van der Waals surface area contributed by atoms with E-state index in [9.17, 15) is 0 Å². The summed E-state index contributed by atoms with van der Waals surface area (Å²) in [5, 5.41) is 0. The number of rotatable bonds is 3. The van der Waals surface area contributed by atoms with Crippen molar-refractivity contribution in [3.63, 3.8) is 0 Å². The highest BCUT2D eigenvalue weighted by Gasteiger charge is 2.07. The molecule has 1 aliphatic rings. The quantitative estimate of drug-likeness (QED) is 0.575. The first-order valence-corrected chi connectivity index (χ1v) is 4.38. The van der Waals surface area contributed by atoms with Crippen molar-refractivity contribution in [2.24, 2.45) is 5.92 Å². The number of hydrogen-bond acceptors (Lipinski definition) is 0. The predicted molar refractivity (Wildman–Crippen MR) is 50.4 cm³/mol. The lowest BCUT2D eigenvalue weighted by atomic mass is 9.91. The van der Waals surface area contributed by atoms with Gasteiger partial charge in [-0.25, -0.2) is 0 Å². The Morgan fingerprint density at radius 3 is 2.91 bits per heavy atom. The van der Waals surface area contributed by atoms with E-state index < -0.39 is 0 Å². The van der Waals surface area contributed by atoms with Crippen LogP contribution >= 0.6 is 0 Å². The van der Waals surface area contributed by atoms with E-state index in [1.165, 1.54) is 24.8 Å². The molecule has 60 valence electrons. The summed E-state index contributed by atoms with van der Waals surface area (Å²) in [7, 11) is 0. The minimum Gasteiger partial charge on any atom is -0.0952 e. The molecule has 0 aromatic heterocycles. The van der Waals surface area contributed by atoms with Crippen LogP contribution in [0.5, 0.6) is 0 Å². The molecule has 0 saturated carbocycles. The molecule has 0 aromatic carbocycles. The van der Waals surface area contributed by atoms with Gasteiger partial charge < -0.3 is 0 Å². The maximum Gasteiger partial charge on any atom is 0.00152 e. The van der Waals surface area contributed by atoms with Crippen LogP contribution in [0.1, 0.15) is 26.2 Å². The van der Waals surface area contributed by atoms with Crippen molar-refractivity contribution in [2.45, 2.75) is 26.2 Å². The van der Waals surface area contributed by atoms with Crippen LogP contribution in [0.3, 0.4) is 0 Å². The van der Waals surface area contributed by atoms with Crippen LogP contribution in [0.15, 0.2) is 36.5 Å². The molecule has 0 saturated heterocycles. The van der Waals surface area contributed by atoms with Crippen molar-refractivity contribution in [1.29, 1.82) is 0 Å². The van der Waals surface area contributed by atoms with Crippen LogP contribution in [0.2, 0.25) is 0 Å². The van der Waals surface area contributed by atoms with Crippen LogP contribution in [0.4, 0.5) is 0 Å². The molecule has 0 radical (unpaired) electrons. The van der Waals surface area contributed by atoms with Gasteiger partial charge in [0.2, 0.25) is 0 Å². The maximum absolute atomic E-state index is 4.01. The van der Waals surface area contributed by atoms with Gasteiger partial charge in [0.25, 0.3) is 0 Å². The summed E-state index contributed by atoms with van der Waals surface area (Å²) in [5.74, 6) is 0.611. The molecule has 1 atom stereocenters. The fourth-order valence-electron chi connectivity index (χ4n) is 1.33. The third-order valence-corrected chi connectivity index (χ3v) is 2.11. The van der Waals surface area contributed by atoms with E-state index in [4.69, 9.17) is 0 Å². The van der Waals surface area contributed by atoms with E-state index in [1.807, 2.05) is 0 Å². The summed E-state index contributed by atoms with van der Waals surface area (Å²) in [6.45, 7) is 6.24. The summed E-state index contributed by atoms with van der Waals surface area (Å²) < 4.78 is 0. The SMILES string of the molecule is C=C1C=CC=CC1CCCC. The molecule has 0 heterocycles. The number of allylic oxidation sites excluding steroid dienone is 5. The molecule has 1 rings (SSSR count). The highest BCUT2D eigenvalue weighted by atomic mass is 14.1. The topological polar surface area (TPSA) is 0 Å². The second-order valence-corrected chi connectivity index (χ2v) is 3.07. The molecular formula is C11H16. The van der Waals surface area contributed by atoms with Gasteiger partial charge in [0.15, 0.2) is 0 Å². The Labute approximate surface area is 69.3 Å². The second-order valence-electron chi connectivity index (χ2n) is 3.07. The Kier molecular flexibility index (Phi) is 3.15. The van der Waals surface area contributed by atoms with Crippen molar-refractivity contribution in [3.05, 3.63) is 36.5 Å². The molecule has 0 aliphatic heterocycles. The summed E-state index contributed by atoms with van der Waals surface area (Å²) in [6, 6.07) is 0. The first-order chi connectivity index (χ1) is 5.34. The van der Waals surface area contributed by atoms with Gasteiger partial charge in [0, 0.05) is 5.92 Å². The van der Waals surface area contributed by atoms with Gasteiger partial charge in [-0.1, -0.05) is 50.6 Å². The minimum absolute atomic E-state index is 0.611. The molecule has 1 unspecified atom stereocenters. The Bertz CT molecular complexity index is 184. The van der Waals surface area contributed by atoms with Gasteiger partial charge in [0.05, 0.1) is 0 Å². The third kappa shape index (κ3) is 2.38. The van der Waals surface area contributed by atoms with Gasteiger partial charge in [-0.3, -0.25) is 0 Å². The van der Waals surface area contributed by atoms with Crippen LogP contribution in [-0.2, 0) is 0 Å². The van der Waals surface area contributed by atoms with Gasteiger partial charge >= 0.3 is 0 Å². The van der Waals surface area contributed by atoms with Crippen molar-refractivity contribution in [3.8, 4) is 0 Å². The average molecular weight is 148 g/mol. The van der Waals surface area contributed by atoms with Gasteiger partial charge in [-0.15, -0.1) is 0 Å². The summed E-state index contributed by atoms with van der Waals surface area (Å²) in [4.78, 5) is 0. The van der Waals surface area contributed by atoms with Crippen molar-refractivity contribution < 1.29 is 0 Å². The third-order valence-electron chi connectivity index (χ3n) is 2.11. The normalized spacial score (nSPS) is 22.6. The first kappa shape index (κ1) is 8.32. The van der Waals surface area contributed by atoms with Gasteiger partial charge in [-0.05, 0) is 12.0 Å². The Morgan fingerprint density at radius 2 is 2.27 bits per heavy atom. The number of hydrogen-bond donors (Lipinski definition) is 0. The van der Waals surface area contributed by atoms with E-state index in [1.54, 1.807) is 0 Å². The fourth-order valence-corrected chi connectivity index (χ4v) is 1.33. The highest BCUT2D eigenvalue weighted by molar-refractivity contribution is 5.30.